The van der Waals surface area contributed by atoms with E-state index in [1.165, 1.54) is 7.11 Å². The van der Waals surface area contributed by atoms with Crippen LogP contribution in [0.1, 0.15) is 40.5 Å². The zero-order valence-corrected chi connectivity index (χ0v) is 16.3. The van der Waals surface area contributed by atoms with Gasteiger partial charge in [0.2, 0.25) is 5.43 Å². The van der Waals surface area contributed by atoms with Crippen molar-refractivity contribution in [1.82, 2.24) is 9.88 Å². The number of carbonyl (C=O) groups is 1. The maximum absolute atomic E-state index is 15.5. The Morgan fingerprint density at radius 1 is 1.25 bits per heavy atom. The first-order valence-corrected chi connectivity index (χ1v) is 9.52. The third kappa shape index (κ3) is 2.66. The minimum Gasteiger partial charge on any atom is -0.492 e. The summed E-state index contributed by atoms with van der Waals surface area (Å²) in [5.41, 5.74) is 0.474. The monoisotopic (exact) mass is 389 g/mol. The van der Waals surface area contributed by atoms with Crippen LogP contribution in [0.5, 0.6) is 5.75 Å². The average Bonchev–Trinajstić information content (AvgIpc) is 3.49. The molecule has 0 unspecified atom stereocenters. The zero-order chi connectivity index (χ0) is 20.2. The van der Waals surface area contributed by atoms with Crippen LogP contribution in [0.2, 0.25) is 0 Å². The smallest absolute Gasteiger partial charge is 0.341 e. The first kappa shape index (κ1) is 18.7. The minimum absolute atomic E-state index is 0.0934. The van der Waals surface area contributed by atoms with E-state index in [1.807, 2.05) is 9.47 Å². The molecule has 28 heavy (non-hydrogen) atoms. The number of carboxylic acids is 1. The van der Waals surface area contributed by atoms with Gasteiger partial charge in [-0.2, -0.15) is 0 Å². The van der Waals surface area contributed by atoms with Gasteiger partial charge in [-0.3, -0.25) is 4.79 Å². The van der Waals surface area contributed by atoms with Gasteiger partial charge < -0.3 is 24.6 Å². The van der Waals surface area contributed by atoms with Gasteiger partial charge in [-0.05, 0) is 26.7 Å². The van der Waals surface area contributed by atoms with Gasteiger partial charge in [-0.15, -0.1) is 0 Å². The Labute approximate surface area is 161 Å². The summed E-state index contributed by atoms with van der Waals surface area (Å²) in [6.07, 6.45) is 1.78. The summed E-state index contributed by atoms with van der Waals surface area (Å²) in [5, 5.41) is 13.0. The number of ether oxygens (including phenoxy) is 1. The summed E-state index contributed by atoms with van der Waals surface area (Å²) in [5.74, 6) is -1.50. The molecule has 2 fully saturated rings. The number of anilines is 1. The summed E-state index contributed by atoms with van der Waals surface area (Å²) in [4.78, 5) is 26.8. The van der Waals surface area contributed by atoms with Gasteiger partial charge in [-0.1, -0.05) is 0 Å². The fourth-order valence-corrected chi connectivity index (χ4v) is 4.28. The molecule has 1 saturated heterocycles. The predicted molar refractivity (Wildman–Crippen MR) is 105 cm³/mol. The van der Waals surface area contributed by atoms with Crippen LogP contribution in [0.3, 0.4) is 0 Å². The van der Waals surface area contributed by atoms with Crippen molar-refractivity contribution in [3.8, 4) is 5.75 Å². The molecule has 0 atom stereocenters. The first-order chi connectivity index (χ1) is 13.4. The van der Waals surface area contributed by atoms with Crippen molar-refractivity contribution in [2.45, 2.75) is 32.7 Å². The number of aromatic carboxylic acids is 1. The molecule has 2 N–H and O–H groups in total. The van der Waals surface area contributed by atoms with Gasteiger partial charge in [0.15, 0.2) is 11.6 Å². The van der Waals surface area contributed by atoms with Crippen molar-refractivity contribution in [2.75, 3.05) is 38.2 Å². The number of hydrogen-bond acceptors (Lipinski definition) is 5. The Kier molecular flexibility index (Phi) is 4.53. The molecule has 8 heteroatoms. The Morgan fingerprint density at radius 2 is 1.89 bits per heavy atom. The molecule has 1 aromatic heterocycles. The molecule has 1 aliphatic heterocycles. The highest BCUT2D eigenvalue weighted by molar-refractivity contribution is 6.00. The van der Waals surface area contributed by atoms with E-state index < -0.39 is 17.2 Å². The van der Waals surface area contributed by atoms with E-state index in [0.29, 0.717) is 35.7 Å². The average molecular weight is 389 g/mol. The lowest BCUT2D eigenvalue weighted by atomic mass is 10.00. The topological polar surface area (TPSA) is 83.8 Å². The van der Waals surface area contributed by atoms with E-state index in [1.54, 1.807) is 13.8 Å². The Hall–Kier alpha value is -2.61. The second kappa shape index (κ2) is 6.77. The highest BCUT2D eigenvalue weighted by Gasteiger charge is 2.34. The van der Waals surface area contributed by atoms with Crippen molar-refractivity contribution < 1.29 is 19.0 Å². The standard InChI is InChI=1S/C20H24FN3O4/c1-10-13-16(19(28-3)17(15(10)21)23-8-6-22-7-9-23)24(12-4-5-12)11(2)14(18(13)25)20(26)27/h12,22H,4-9H2,1-3H3,(H,26,27). The van der Waals surface area contributed by atoms with Crippen LogP contribution in [0.15, 0.2) is 4.79 Å². The molecule has 1 saturated carbocycles. The lowest BCUT2D eigenvalue weighted by Gasteiger charge is -2.32. The minimum atomic E-state index is -1.29. The quantitative estimate of drug-likeness (QED) is 0.834. The Bertz CT molecular complexity index is 1040. The fraction of sp³-hybridized carbons (Fsp3) is 0.500. The molecule has 0 spiro atoms. The first-order valence-electron chi connectivity index (χ1n) is 9.52. The lowest BCUT2D eigenvalue weighted by Crippen LogP contribution is -2.44. The molecule has 0 bridgehead atoms. The maximum Gasteiger partial charge on any atom is 0.341 e. The lowest BCUT2D eigenvalue weighted by molar-refractivity contribution is 0.0694. The summed E-state index contributed by atoms with van der Waals surface area (Å²) < 4.78 is 23.0. The number of hydrogen-bond donors (Lipinski definition) is 2. The van der Waals surface area contributed by atoms with Gasteiger partial charge in [-0.25, -0.2) is 9.18 Å². The molecule has 7 nitrogen and oxygen atoms in total. The zero-order valence-electron chi connectivity index (χ0n) is 16.3. The van der Waals surface area contributed by atoms with Crippen LogP contribution in [0.4, 0.5) is 10.1 Å². The van der Waals surface area contributed by atoms with E-state index in [-0.39, 0.29) is 22.6 Å². The maximum atomic E-state index is 15.5. The molecule has 4 rings (SSSR count). The van der Waals surface area contributed by atoms with Gasteiger partial charge in [0.1, 0.15) is 11.3 Å². The van der Waals surface area contributed by atoms with E-state index in [2.05, 4.69) is 5.32 Å². The molecule has 0 amide bonds. The number of piperazine rings is 1. The molecule has 2 heterocycles. The molecular weight excluding hydrogens is 365 g/mol. The van der Waals surface area contributed by atoms with Crippen molar-refractivity contribution >= 4 is 22.6 Å². The van der Waals surface area contributed by atoms with E-state index in [4.69, 9.17) is 4.74 Å². The summed E-state index contributed by atoms with van der Waals surface area (Å²) in [7, 11) is 1.47. The molecule has 1 aromatic carbocycles. The number of fused-ring (bicyclic) bond motifs is 1. The van der Waals surface area contributed by atoms with Crippen molar-refractivity contribution in [3.05, 3.63) is 32.9 Å². The third-order valence-electron chi connectivity index (χ3n) is 5.76. The number of aromatic nitrogens is 1. The van der Waals surface area contributed by atoms with Crippen LogP contribution >= 0.6 is 0 Å². The predicted octanol–water partition coefficient (Wildman–Crippen LogP) is 2.21. The van der Waals surface area contributed by atoms with Gasteiger partial charge in [0.25, 0.3) is 0 Å². The number of carboxylic acid groups (broad SMARTS) is 1. The largest absolute Gasteiger partial charge is 0.492 e. The SMILES string of the molecule is COc1c(N2CCNCC2)c(F)c(C)c2c(=O)c(C(=O)O)c(C)n(C3CC3)c12. The highest BCUT2D eigenvalue weighted by atomic mass is 19.1. The summed E-state index contributed by atoms with van der Waals surface area (Å²) in [6, 6.07) is 0.0934. The van der Waals surface area contributed by atoms with Gasteiger partial charge in [0.05, 0.1) is 18.0 Å². The second-order valence-corrected chi connectivity index (χ2v) is 7.48. The van der Waals surface area contributed by atoms with Crippen LogP contribution in [0.25, 0.3) is 10.9 Å². The molecular formula is C20H24FN3O4. The summed E-state index contributed by atoms with van der Waals surface area (Å²) in [6.45, 7) is 5.89. The summed E-state index contributed by atoms with van der Waals surface area (Å²) >= 11 is 0. The molecule has 1 aliphatic carbocycles. The Balaban J connectivity index is 2.17. The molecule has 2 aromatic rings. The van der Waals surface area contributed by atoms with Crippen molar-refractivity contribution in [2.24, 2.45) is 0 Å². The van der Waals surface area contributed by atoms with Crippen LogP contribution < -0.4 is 20.4 Å². The number of benzene rings is 1. The van der Waals surface area contributed by atoms with Crippen molar-refractivity contribution in [3.63, 3.8) is 0 Å². The fourth-order valence-electron chi connectivity index (χ4n) is 4.28. The van der Waals surface area contributed by atoms with Gasteiger partial charge >= 0.3 is 5.97 Å². The molecule has 2 aliphatic rings. The number of methoxy groups -OCH3 is 1. The van der Waals surface area contributed by atoms with Crippen LogP contribution in [-0.4, -0.2) is 48.9 Å². The number of halogens is 1. The van der Waals surface area contributed by atoms with E-state index in [9.17, 15) is 14.7 Å². The van der Waals surface area contributed by atoms with E-state index in [0.717, 1.165) is 25.9 Å². The number of nitrogens with zero attached hydrogens (tertiary/aromatic N) is 2. The van der Waals surface area contributed by atoms with Crippen LogP contribution in [0, 0.1) is 19.7 Å². The number of nitrogens with one attached hydrogen (secondary N) is 1. The van der Waals surface area contributed by atoms with Crippen molar-refractivity contribution in [1.29, 1.82) is 0 Å². The number of aryl methyl sites for hydroxylation is 1. The number of rotatable bonds is 4. The molecule has 0 radical (unpaired) electrons. The van der Waals surface area contributed by atoms with Gasteiger partial charge in [0, 0.05) is 43.5 Å². The molecule has 150 valence electrons. The highest BCUT2D eigenvalue weighted by Crippen LogP contribution is 2.46. The normalized spacial score (nSPS) is 17.2. The van der Waals surface area contributed by atoms with E-state index >= 15 is 4.39 Å². The number of pyridine rings is 1. The Morgan fingerprint density at radius 3 is 2.43 bits per heavy atom. The second-order valence-electron chi connectivity index (χ2n) is 7.48. The third-order valence-corrected chi connectivity index (χ3v) is 5.76. The van der Waals surface area contributed by atoms with Crippen LogP contribution in [-0.2, 0) is 0 Å².